The molecule has 1 aromatic rings. The molecule has 5 unspecified atom stereocenters. The maximum atomic E-state index is 10.5. The Labute approximate surface area is 133 Å². The van der Waals surface area contributed by atoms with Crippen molar-refractivity contribution in [1.29, 1.82) is 0 Å². The fourth-order valence-electron chi connectivity index (χ4n) is 4.96. The Hall–Kier alpha value is -1.50. The molecule has 1 fully saturated rings. The van der Waals surface area contributed by atoms with Gasteiger partial charge in [0.05, 0.1) is 0 Å². The van der Waals surface area contributed by atoms with Crippen molar-refractivity contribution < 1.29 is 5.11 Å². The van der Waals surface area contributed by atoms with Crippen LogP contribution in [0, 0.1) is 30.6 Å². The molecule has 0 spiro atoms. The lowest BCUT2D eigenvalue weighted by molar-refractivity contribution is 0.362. The van der Waals surface area contributed by atoms with Gasteiger partial charge in [0, 0.05) is 5.92 Å². The molecule has 0 heterocycles. The van der Waals surface area contributed by atoms with Crippen LogP contribution in [0.4, 0.5) is 0 Å². The molecule has 4 rings (SSSR count). The lowest BCUT2D eigenvalue weighted by Crippen LogP contribution is -2.20. The van der Waals surface area contributed by atoms with Crippen molar-refractivity contribution in [3.8, 4) is 5.75 Å². The van der Waals surface area contributed by atoms with Gasteiger partial charge in [0.15, 0.2) is 0 Å². The Bertz CT molecular complexity index is 674. The summed E-state index contributed by atoms with van der Waals surface area (Å²) in [6, 6.07) is 4.47. The highest BCUT2D eigenvalue weighted by atomic mass is 16.3. The van der Waals surface area contributed by atoms with E-state index in [2.05, 4.69) is 57.2 Å². The van der Waals surface area contributed by atoms with Crippen LogP contribution in [0.15, 0.2) is 36.4 Å². The topological polar surface area (TPSA) is 20.2 Å². The molecule has 22 heavy (non-hydrogen) atoms. The monoisotopic (exact) mass is 294 g/mol. The van der Waals surface area contributed by atoms with Crippen molar-refractivity contribution in [2.24, 2.45) is 23.7 Å². The molecule has 5 atom stereocenters. The van der Waals surface area contributed by atoms with Gasteiger partial charge in [-0.2, -0.15) is 0 Å². The first-order valence-corrected chi connectivity index (χ1v) is 8.57. The Balaban J connectivity index is 1.76. The zero-order chi connectivity index (χ0) is 15.6. The van der Waals surface area contributed by atoms with Crippen LogP contribution in [0.25, 0.3) is 0 Å². The third kappa shape index (κ3) is 1.91. The second-order valence-electron chi connectivity index (χ2n) is 8.50. The molecule has 0 aliphatic heterocycles. The van der Waals surface area contributed by atoms with Crippen LogP contribution in [0.2, 0.25) is 0 Å². The van der Waals surface area contributed by atoms with Crippen molar-refractivity contribution in [1.82, 2.24) is 0 Å². The second kappa shape index (κ2) is 4.50. The number of phenolic OH excluding ortho intramolecular Hbond substituents is 1. The van der Waals surface area contributed by atoms with Gasteiger partial charge < -0.3 is 5.11 Å². The minimum Gasteiger partial charge on any atom is -0.507 e. The van der Waals surface area contributed by atoms with Crippen molar-refractivity contribution in [2.45, 2.75) is 45.4 Å². The predicted molar refractivity (Wildman–Crippen MR) is 91.1 cm³/mol. The maximum Gasteiger partial charge on any atom is 0.122 e. The maximum absolute atomic E-state index is 10.5. The van der Waals surface area contributed by atoms with Crippen LogP contribution < -0.4 is 0 Å². The Morgan fingerprint density at radius 3 is 2.45 bits per heavy atom. The summed E-state index contributed by atoms with van der Waals surface area (Å²) < 4.78 is 0. The normalized spacial score (nSPS) is 35.4. The number of hydrogen-bond acceptors (Lipinski definition) is 1. The summed E-state index contributed by atoms with van der Waals surface area (Å²) >= 11 is 0. The van der Waals surface area contributed by atoms with E-state index in [1.165, 1.54) is 12.0 Å². The van der Waals surface area contributed by atoms with Crippen molar-refractivity contribution in [2.75, 3.05) is 0 Å². The van der Waals surface area contributed by atoms with Crippen LogP contribution in [-0.2, 0) is 5.41 Å². The summed E-state index contributed by atoms with van der Waals surface area (Å²) in [5.74, 6) is 4.01. The number of allylic oxidation sites excluding steroid dienone is 4. The van der Waals surface area contributed by atoms with E-state index in [0.29, 0.717) is 11.7 Å². The number of rotatable bonds is 1. The number of aromatic hydroxyl groups is 1. The Kier molecular flexibility index (Phi) is 2.89. The van der Waals surface area contributed by atoms with E-state index < -0.39 is 0 Å². The summed E-state index contributed by atoms with van der Waals surface area (Å²) in [7, 11) is 0. The minimum atomic E-state index is -0.0266. The van der Waals surface area contributed by atoms with E-state index in [9.17, 15) is 5.11 Å². The van der Waals surface area contributed by atoms with Gasteiger partial charge in [-0.15, -0.1) is 0 Å². The van der Waals surface area contributed by atoms with Crippen molar-refractivity contribution in [3.05, 3.63) is 53.1 Å². The Morgan fingerprint density at radius 2 is 1.73 bits per heavy atom. The summed E-state index contributed by atoms with van der Waals surface area (Å²) in [5.41, 5.74) is 3.46. The molecule has 1 N–H and O–H groups in total. The SMILES string of the molecule is Cc1cc(C2C=CC3C4C=CC(C4)C23)cc(C(C)(C)C)c1O. The van der Waals surface area contributed by atoms with E-state index in [0.717, 1.165) is 34.8 Å². The van der Waals surface area contributed by atoms with Crippen LogP contribution in [0.1, 0.15) is 49.8 Å². The zero-order valence-corrected chi connectivity index (χ0v) is 14.0. The molecular weight excluding hydrogens is 268 g/mol. The molecule has 3 aliphatic rings. The lowest BCUT2D eigenvalue weighted by atomic mass is 9.75. The molecular formula is C21H26O. The minimum absolute atomic E-state index is 0.0266. The first kappa shape index (κ1) is 14.1. The highest BCUT2D eigenvalue weighted by Gasteiger charge is 2.49. The molecule has 2 bridgehead atoms. The second-order valence-corrected chi connectivity index (χ2v) is 8.50. The molecule has 1 nitrogen and oxygen atoms in total. The van der Waals surface area contributed by atoms with Gasteiger partial charge in [-0.25, -0.2) is 0 Å². The van der Waals surface area contributed by atoms with Crippen LogP contribution in [0.5, 0.6) is 5.75 Å². The molecule has 0 saturated heterocycles. The average molecular weight is 294 g/mol. The number of aryl methyl sites for hydroxylation is 1. The number of phenols is 1. The summed E-state index contributed by atoms with van der Waals surface area (Å²) in [6.45, 7) is 8.57. The molecule has 3 aliphatic carbocycles. The van der Waals surface area contributed by atoms with Crippen molar-refractivity contribution in [3.63, 3.8) is 0 Å². The molecule has 0 amide bonds. The summed E-state index contributed by atoms with van der Waals surface area (Å²) in [6.07, 6.45) is 11.1. The van der Waals surface area contributed by atoms with Gasteiger partial charge in [-0.1, -0.05) is 57.2 Å². The van der Waals surface area contributed by atoms with Crippen LogP contribution >= 0.6 is 0 Å². The fraction of sp³-hybridized carbons (Fsp3) is 0.524. The third-order valence-electron chi connectivity index (χ3n) is 6.05. The zero-order valence-electron chi connectivity index (χ0n) is 14.0. The number of hydrogen-bond donors (Lipinski definition) is 1. The van der Waals surface area contributed by atoms with E-state index in [4.69, 9.17) is 0 Å². The highest BCUT2D eigenvalue weighted by Crippen LogP contribution is 2.57. The molecule has 1 heteroatoms. The number of benzene rings is 1. The van der Waals surface area contributed by atoms with Gasteiger partial charge in [0.25, 0.3) is 0 Å². The standard InChI is InChI=1S/C21H26O/c1-12-9-15(11-18(20(12)22)21(2,3)4)17-8-7-16-13-5-6-14(10-13)19(16)17/h5-9,11,13-14,16-17,19,22H,10H2,1-4H3. The van der Waals surface area contributed by atoms with E-state index in [1.807, 2.05) is 6.92 Å². The van der Waals surface area contributed by atoms with Gasteiger partial charge in [0.1, 0.15) is 5.75 Å². The largest absolute Gasteiger partial charge is 0.507 e. The molecule has 116 valence electrons. The number of fused-ring (bicyclic) bond motifs is 5. The van der Waals surface area contributed by atoms with Gasteiger partial charge in [-0.05, 0) is 59.1 Å². The van der Waals surface area contributed by atoms with Crippen LogP contribution in [0.3, 0.4) is 0 Å². The van der Waals surface area contributed by atoms with E-state index in [1.54, 1.807) is 0 Å². The first-order chi connectivity index (χ1) is 10.4. The lowest BCUT2D eigenvalue weighted by Gasteiger charge is -2.29. The fourth-order valence-corrected chi connectivity index (χ4v) is 4.96. The third-order valence-corrected chi connectivity index (χ3v) is 6.05. The van der Waals surface area contributed by atoms with Gasteiger partial charge >= 0.3 is 0 Å². The molecule has 0 radical (unpaired) electrons. The highest BCUT2D eigenvalue weighted by molar-refractivity contribution is 5.49. The average Bonchev–Trinajstić information content (AvgIpc) is 3.11. The van der Waals surface area contributed by atoms with Crippen LogP contribution in [-0.4, -0.2) is 5.11 Å². The quantitative estimate of drug-likeness (QED) is 0.715. The Morgan fingerprint density at radius 1 is 1.00 bits per heavy atom. The molecule has 1 aromatic carbocycles. The smallest absolute Gasteiger partial charge is 0.122 e. The van der Waals surface area contributed by atoms with Crippen molar-refractivity contribution >= 4 is 0 Å². The summed E-state index contributed by atoms with van der Waals surface area (Å²) in [4.78, 5) is 0. The molecule has 0 aromatic heterocycles. The summed E-state index contributed by atoms with van der Waals surface area (Å²) in [5, 5.41) is 10.5. The first-order valence-electron chi connectivity index (χ1n) is 8.57. The van der Waals surface area contributed by atoms with Gasteiger partial charge in [0.2, 0.25) is 0 Å². The van der Waals surface area contributed by atoms with Gasteiger partial charge in [-0.3, -0.25) is 0 Å². The predicted octanol–water partition coefficient (Wildman–Crippen LogP) is 5.09. The van der Waals surface area contributed by atoms with E-state index in [-0.39, 0.29) is 5.41 Å². The van der Waals surface area contributed by atoms with E-state index >= 15 is 0 Å². The molecule has 1 saturated carbocycles.